The van der Waals surface area contributed by atoms with E-state index in [9.17, 15) is 4.79 Å². The highest BCUT2D eigenvalue weighted by molar-refractivity contribution is 6.29. The molecule has 2 saturated heterocycles. The molecule has 2 aliphatic heterocycles. The molecule has 4 rings (SSSR count). The quantitative estimate of drug-likeness (QED) is 0.744. The van der Waals surface area contributed by atoms with E-state index in [1.54, 1.807) is 4.90 Å². The molecule has 2 aromatic heterocycles. The number of carbonyl (C=O) groups excluding carboxylic acids is 1. The lowest BCUT2D eigenvalue weighted by molar-refractivity contribution is -0.0255. The van der Waals surface area contributed by atoms with Crippen LogP contribution in [-0.4, -0.2) is 55.9 Å². The second-order valence-electron chi connectivity index (χ2n) is 8.38. The van der Waals surface area contributed by atoms with Crippen molar-refractivity contribution >= 4 is 28.7 Å². The van der Waals surface area contributed by atoms with Crippen LogP contribution < -0.4 is 0 Å². The molecule has 0 radical (unpaired) electrons. The first kappa shape index (κ1) is 18.5. The molecule has 1 unspecified atom stereocenters. The summed E-state index contributed by atoms with van der Waals surface area (Å²) in [5.74, 6) is 0. The van der Waals surface area contributed by atoms with Crippen molar-refractivity contribution in [1.82, 2.24) is 24.6 Å². The first-order chi connectivity index (χ1) is 12.8. The fourth-order valence-electron chi connectivity index (χ4n) is 3.69. The molecule has 0 spiro atoms. The van der Waals surface area contributed by atoms with Crippen LogP contribution in [0.15, 0.2) is 12.3 Å². The summed E-state index contributed by atoms with van der Waals surface area (Å²) >= 11 is 6.23. The number of fused-ring (bicyclic) bond motifs is 1. The number of amides is 1. The Morgan fingerprint density at radius 3 is 2.67 bits per heavy atom. The van der Waals surface area contributed by atoms with E-state index in [0.29, 0.717) is 17.3 Å². The molecule has 1 amide bonds. The van der Waals surface area contributed by atoms with Gasteiger partial charge < -0.3 is 4.74 Å². The van der Waals surface area contributed by atoms with Gasteiger partial charge in [0.25, 0.3) is 0 Å². The highest BCUT2D eigenvalue weighted by Gasteiger charge is 2.37. The first-order valence-electron chi connectivity index (χ1n) is 9.56. The van der Waals surface area contributed by atoms with E-state index < -0.39 is 5.60 Å². The van der Waals surface area contributed by atoms with Gasteiger partial charge in [0.2, 0.25) is 0 Å². The molecule has 2 fully saturated rings. The molecule has 4 heterocycles. The van der Waals surface area contributed by atoms with Crippen LogP contribution in [-0.2, 0) is 11.3 Å². The third-order valence-electron chi connectivity index (χ3n) is 5.08. The Balaban J connectivity index is 1.58. The van der Waals surface area contributed by atoms with Crippen molar-refractivity contribution in [2.75, 3.05) is 19.6 Å². The van der Waals surface area contributed by atoms with Crippen LogP contribution in [0.3, 0.4) is 0 Å². The molecule has 0 N–H and O–H groups in total. The number of hydrogen-bond acceptors (Lipinski definition) is 5. The van der Waals surface area contributed by atoms with E-state index in [4.69, 9.17) is 16.3 Å². The molecule has 146 valence electrons. The summed E-state index contributed by atoms with van der Waals surface area (Å²) in [7, 11) is 0. The van der Waals surface area contributed by atoms with Crippen LogP contribution in [0, 0.1) is 0 Å². The molecule has 2 aromatic rings. The zero-order chi connectivity index (χ0) is 19.2. The van der Waals surface area contributed by atoms with Crippen molar-refractivity contribution in [3.05, 3.63) is 23.0 Å². The Kier molecular flexibility index (Phi) is 4.76. The second kappa shape index (κ2) is 6.95. The molecule has 0 bridgehead atoms. The maximum absolute atomic E-state index is 12.4. The molecular weight excluding hydrogens is 366 g/mol. The van der Waals surface area contributed by atoms with Gasteiger partial charge in [0.1, 0.15) is 16.9 Å². The SMILES string of the molecule is CC(C)(C)OC(=O)N1CCC1n1cc2c(CN3CCCC3)cc(Cl)nc2n1. The van der Waals surface area contributed by atoms with E-state index in [2.05, 4.69) is 15.0 Å². The fourth-order valence-corrected chi connectivity index (χ4v) is 3.91. The van der Waals surface area contributed by atoms with Gasteiger partial charge in [-0.3, -0.25) is 9.80 Å². The fraction of sp³-hybridized carbons (Fsp3) is 0.632. The van der Waals surface area contributed by atoms with Gasteiger partial charge in [-0.2, -0.15) is 5.10 Å². The van der Waals surface area contributed by atoms with E-state index in [-0.39, 0.29) is 12.3 Å². The van der Waals surface area contributed by atoms with Crippen LogP contribution in [0.2, 0.25) is 5.15 Å². The second-order valence-corrected chi connectivity index (χ2v) is 8.76. The highest BCUT2D eigenvalue weighted by atomic mass is 35.5. The maximum atomic E-state index is 12.4. The molecule has 8 heteroatoms. The predicted molar refractivity (Wildman–Crippen MR) is 104 cm³/mol. The number of carbonyl (C=O) groups is 1. The third kappa shape index (κ3) is 3.89. The minimum absolute atomic E-state index is 0.132. The van der Waals surface area contributed by atoms with Gasteiger partial charge in [0, 0.05) is 31.1 Å². The number of aromatic nitrogens is 3. The first-order valence-corrected chi connectivity index (χ1v) is 9.94. The minimum Gasteiger partial charge on any atom is -0.444 e. The lowest BCUT2D eigenvalue weighted by atomic mass is 10.1. The maximum Gasteiger partial charge on any atom is 0.412 e. The predicted octanol–water partition coefficient (Wildman–Crippen LogP) is 3.82. The summed E-state index contributed by atoms with van der Waals surface area (Å²) in [4.78, 5) is 20.9. The zero-order valence-corrected chi connectivity index (χ0v) is 16.9. The molecular formula is C19H26ClN5O2. The topological polar surface area (TPSA) is 63.5 Å². The van der Waals surface area contributed by atoms with Crippen LogP contribution in [0.25, 0.3) is 11.0 Å². The van der Waals surface area contributed by atoms with Crippen molar-refractivity contribution in [2.45, 2.75) is 58.3 Å². The minimum atomic E-state index is -0.510. The molecule has 0 saturated carbocycles. The normalized spacial score (nSPS) is 20.9. The Morgan fingerprint density at radius 1 is 1.30 bits per heavy atom. The van der Waals surface area contributed by atoms with Gasteiger partial charge in [0.15, 0.2) is 5.65 Å². The summed E-state index contributed by atoms with van der Waals surface area (Å²) in [5.41, 5.74) is 1.26. The van der Waals surface area contributed by atoms with Crippen LogP contribution >= 0.6 is 11.6 Å². The number of pyridine rings is 1. The van der Waals surface area contributed by atoms with Crippen LogP contribution in [0.4, 0.5) is 4.79 Å². The largest absolute Gasteiger partial charge is 0.444 e. The Hall–Kier alpha value is -1.86. The lowest BCUT2D eigenvalue weighted by Gasteiger charge is -2.41. The van der Waals surface area contributed by atoms with Crippen molar-refractivity contribution < 1.29 is 9.53 Å². The van der Waals surface area contributed by atoms with Gasteiger partial charge >= 0.3 is 6.09 Å². The monoisotopic (exact) mass is 391 g/mol. The summed E-state index contributed by atoms with van der Waals surface area (Å²) in [5, 5.41) is 6.07. The average Bonchev–Trinajstić information content (AvgIpc) is 3.13. The van der Waals surface area contributed by atoms with Crippen molar-refractivity contribution in [1.29, 1.82) is 0 Å². The van der Waals surface area contributed by atoms with Gasteiger partial charge in [-0.15, -0.1) is 0 Å². The van der Waals surface area contributed by atoms with Gasteiger partial charge in [-0.25, -0.2) is 14.5 Å². The summed E-state index contributed by atoms with van der Waals surface area (Å²) < 4.78 is 7.33. The number of halogens is 1. The number of likely N-dealkylation sites (tertiary alicyclic amines) is 2. The van der Waals surface area contributed by atoms with E-state index in [0.717, 1.165) is 37.0 Å². The van der Waals surface area contributed by atoms with E-state index >= 15 is 0 Å². The van der Waals surface area contributed by atoms with Crippen LogP contribution in [0.5, 0.6) is 0 Å². The smallest absolute Gasteiger partial charge is 0.412 e. The number of hydrogen-bond donors (Lipinski definition) is 0. The Labute approximate surface area is 164 Å². The molecule has 0 aliphatic carbocycles. The Morgan fingerprint density at radius 2 is 2.04 bits per heavy atom. The van der Waals surface area contributed by atoms with Crippen LogP contribution in [0.1, 0.15) is 51.8 Å². The summed E-state index contributed by atoms with van der Waals surface area (Å²) in [6, 6.07) is 1.93. The van der Waals surface area contributed by atoms with Gasteiger partial charge in [-0.05, 0) is 58.3 Å². The molecule has 1 atom stereocenters. The zero-order valence-electron chi connectivity index (χ0n) is 16.1. The Bertz CT molecular complexity index is 854. The standard InChI is InChI=1S/C19H26ClN5O2/c1-19(2,3)27-18(26)24-9-6-16(24)25-12-14-13(11-23-7-4-5-8-23)10-15(20)21-17(14)22-25/h10,12,16H,4-9,11H2,1-3H3. The molecule has 2 aliphatic rings. The van der Waals surface area contributed by atoms with Crippen molar-refractivity contribution in [2.24, 2.45) is 0 Å². The highest BCUT2D eigenvalue weighted by Crippen LogP contribution is 2.32. The number of ether oxygens (including phenoxy) is 1. The summed E-state index contributed by atoms with van der Waals surface area (Å²) in [6.07, 6.45) is 4.89. The van der Waals surface area contributed by atoms with E-state index in [1.165, 1.54) is 12.8 Å². The van der Waals surface area contributed by atoms with Gasteiger partial charge in [0.05, 0.1) is 0 Å². The summed E-state index contributed by atoms with van der Waals surface area (Å²) in [6.45, 7) is 9.38. The van der Waals surface area contributed by atoms with Gasteiger partial charge in [-0.1, -0.05) is 11.6 Å². The number of rotatable bonds is 3. The van der Waals surface area contributed by atoms with Crippen molar-refractivity contribution in [3.63, 3.8) is 0 Å². The molecule has 27 heavy (non-hydrogen) atoms. The van der Waals surface area contributed by atoms with E-state index in [1.807, 2.05) is 37.7 Å². The lowest BCUT2D eigenvalue weighted by Crippen LogP contribution is -2.49. The average molecular weight is 392 g/mol. The third-order valence-corrected chi connectivity index (χ3v) is 5.27. The van der Waals surface area contributed by atoms with Crippen molar-refractivity contribution in [3.8, 4) is 0 Å². The molecule has 0 aromatic carbocycles. The molecule has 7 nitrogen and oxygen atoms in total. The number of nitrogens with zero attached hydrogens (tertiary/aromatic N) is 5.